The standard InChI is InChI=1S/C24H22Cl2N8/c1-24(2,3)12-18-27-19-20(22(26)29-28-21(19)25)34(18)13-14-8-4-5-9-15(14)16-10-6-7-11-17(16)23-30-32-33-31-23/h4-11H,12-13H2,1-3H3,(H,30,31,32,33). The molecule has 2 aromatic carbocycles. The largest absolute Gasteiger partial charge is 0.321 e. The first-order chi connectivity index (χ1) is 16.3. The molecule has 0 spiro atoms. The SMILES string of the molecule is CC(C)(C)Cc1nc2c(Cl)nnc(Cl)c2n1Cc1ccccc1-c1ccccc1-c1nn[nH]n1. The number of hydrogen-bond acceptors (Lipinski definition) is 6. The molecule has 5 aromatic rings. The first-order valence-corrected chi connectivity index (χ1v) is 11.6. The van der Waals surface area contributed by atoms with E-state index in [-0.39, 0.29) is 15.7 Å². The number of H-pyrrole nitrogens is 1. The third-order valence-corrected chi connectivity index (χ3v) is 6.01. The summed E-state index contributed by atoms with van der Waals surface area (Å²) in [7, 11) is 0. The van der Waals surface area contributed by atoms with Crippen LogP contribution in [-0.2, 0) is 13.0 Å². The molecule has 34 heavy (non-hydrogen) atoms. The molecule has 0 saturated heterocycles. The molecule has 10 heteroatoms. The van der Waals surface area contributed by atoms with Crippen molar-refractivity contribution in [1.29, 1.82) is 0 Å². The van der Waals surface area contributed by atoms with Gasteiger partial charge in [0.15, 0.2) is 10.3 Å². The molecule has 172 valence electrons. The van der Waals surface area contributed by atoms with Gasteiger partial charge in [0.1, 0.15) is 16.9 Å². The van der Waals surface area contributed by atoms with Crippen molar-refractivity contribution in [3.63, 3.8) is 0 Å². The Kier molecular flexibility index (Phi) is 5.79. The molecule has 0 amide bonds. The van der Waals surface area contributed by atoms with Crippen molar-refractivity contribution in [2.45, 2.75) is 33.7 Å². The monoisotopic (exact) mass is 492 g/mol. The van der Waals surface area contributed by atoms with Crippen LogP contribution >= 0.6 is 23.2 Å². The summed E-state index contributed by atoms with van der Waals surface area (Å²) in [5, 5.41) is 23.1. The van der Waals surface area contributed by atoms with Crippen LogP contribution < -0.4 is 0 Å². The Balaban J connectivity index is 1.68. The highest BCUT2D eigenvalue weighted by atomic mass is 35.5. The minimum Gasteiger partial charge on any atom is -0.321 e. The molecule has 5 rings (SSSR count). The quantitative estimate of drug-likeness (QED) is 0.342. The van der Waals surface area contributed by atoms with Gasteiger partial charge in [-0.1, -0.05) is 92.5 Å². The molecule has 0 radical (unpaired) electrons. The van der Waals surface area contributed by atoms with E-state index in [1.54, 1.807) is 0 Å². The van der Waals surface area contributed by atoms with Gasteiger partial charge in [0.25, 0.3) is 0 Å². The van der Waals surface area contributed by atoms with Crippen LogP contribution in [0.4, 0.5) is 0 Å². The van der Waals surface area contributed by atoms with Crippen LogP contribution in [0.5, 0.6) is 0 Å². The summed E-state index contributed by atoms with van der Waals surface area (Å²) in [5.74, 6) is 1.42. The predicted molar refractivity (Wildman–Crippen MR) is 133 cm³/mol. The van der Waals surface area contributed by atoms with E-state index in [0.29, 0.717) is 23.4 Å². The highest BCUT2D eigenvalue weighted by molar-refractivity contribution is 6.37. The summed E-state index contributed by atoms with van der Waals surface area (Å²) in [6, 6.07) is 16.2. The van der Waals surface area contributed by atoms with E-state index in [2.05, 4.69) is 74.4 Å². The smallest absolute Gasteiger partial charge is 0.205 e. The van der Waals surface area contributed by atoms with Crippen LogP contribution in [0.3, 0.4) is 0 Å². The molecule has 0 atom stereocenters. The van der Waals surface area contributed by atoms with Crippen molar-refractivity contribution >= 4 is 34.2 Å². The average molecular weight is 493 g/mol. The average Bonchev–Trinajstić information content (AvgIpc) is 3.45. The number of aromatic nitrogens is 8. The molecule has 0 aliphatic carbocycles. The number of imidazole rings is 1. The maximum Gasteiger partial charge on any atom is 0.205 e. The number of benzene rings is 2. The summed E-state index contributed by atoms with van der Waals surface area (Å²) >= 11 is 12.9. The third kappa shape index (κ3) is 4.26. The number of aromatic amines is 1. The first-order valence-electron chi connectivity index (χ1n) is 10.8. The lowest BCUT2D eigenvalue weighted by molar-refractivity contribution is 0.394. The number of nitrogens with zero attached hydrogens (tertiary/aromatic N) is 7. The minimum atomic E-state index is 0.00365. The third-order valence-electron chi connectivity index (χ3n) is 5.50. The Morgan fingerprint density at radius 1 is 0.853 bits per heavy atom. The molecule has 8 nitrogen and oxygen atoms in total. The summed E-state index contributed by atoms with van der Waals surface area (Å²) in [4.78, 5) is 4.83. The summed E-state index contributed by atoms with van der Waals surface area (Å²) < 4.78 is 2.10. The number of fused-ring (bicyclic) bond motifs is 1. The molecule has 0 unspecified atom stereocenters. The zero-order chi connectivity index (χ0) is 23.9. The van der Waals surface area contributed by atoms with E-state index in [1.165, 1.54) is 0 Å². The van der Waals surface area contributed by atoms with Gasteiger partial charge < -0.3 is 4.57 Å². The maximum atomic E-state index is 6.51. The molecule has 0 aliphatic rings. The van der Waals surface area contributed by atoms with Crippen LogP contribution in [-0.4, -0.2) is 40.4 Å². The lowest BCUT2D eigenvalue weighted by Crippen LogP contribution is -2.15. The zero-order valence-electron chi connectivity index (χ0n) is 18.9. The van der Waals surface area contributed by atoms with Gasteiger partial charge >= 0.3 is 0 Å². The Morgan fingerprint density at radius 2 is 1.53 bits per heavy atom. The number of tetrazole rings is 1. The van der Waals surface area contributed by atoms with Crippen molar-refractivity contribution in [2.75, 3.05) is 0 Å². The fourth-order valence-electron chi connectivity index (χ4n) is 4.09. The number of hydrogen-bond donors (Lipinski definition) is 1. The van der Waals surface area contributed by atoms with Gasteiger partial charge in [0.05, 0.1) is 6.54 Å². The lowest BCUT2D eigenvalue weighted by Gasteiger charge is -2.20. The molecule has 0 bridgehead atoms. The Morgan fingerprint density at radius 3 is 2.24 bits per heavy atom. The van der Waals surface area contributed by atoms with Crippen LogP contribution in [0.15, 0.2) is 48.5 Å². The highest BCUT2D eigenvalue weighted by Crippen LogP contribution is 2.35. The Hall–Kier alpha value is -3.36. The number of rotatable bonds is 5. The normalized spacial score (nSPS) is 11.9. The molecular weight excluding hydrogens is 471 g/mol. The molecule has 0 saturated carbocycles. The predicted octanol–water partition coefficient (Wildman–Crippen LogP) is 5.62. The molecular formula is C24H22Cl2N8. The van der Waals surface area contributed by atoms with Crippen molar-refractivity contribution in [1.82, 2.24) is 40.4 Å². The van der Waals surface area contributed by atoms with E-state index >= 15 is 0 Å². The van der Waals surface area contributed by atoms with Crippen LogP contribution in [0.1, 0.15) is 32.2 Å². The minimum absolute atomic E-state index is 0.00365. The molecule has 3 aromatic heterocycles. The van der Waals surface area contributed by atoms with Crippen molar-refractivity contribution < 1.29 is 0 Å². The fourth-order valence-corrected chi connectivity index (χ4v) is 4.49. The summed E-state index contributed by atoms with van der Waals surface area (Å²) in [6.45, 7) is 7.04. The van der Waals surface area contributed by atoms with E-state index < -0.39 is 0 Å². The van der Waals surface area contributed by atoms with Gasteiger partial charge in [-0.3, -0.25) is 0 Å². The molecule has 0 fully saturated rings. The van der Waals surface area contributed by atoms with Gasteiger partial charge in [-0.2, -0.15) is 5.21 Å². The Bertz CT molecular complexity index is 1470. The van der Waals surface area contributed by atoms with Gasteiger partial charge in [0, 0.05) is 12.0 Å². The fraction of sp³-hybridized carbons (Fsp3) is 0.250. The zero-order valence-corrected chi connectivity index (χ0v) is 20.4. The van der Waals surface area contributed by atoms with Crippen LogP contribution in [0, 0.1) is 5.41 Å². The van der Waals surface area contributed by atoms with Gasteiger partial charge in [-0.15, -0.1) is 20.4 Å². The van der Waals surface area contributed by atoms with Crippen LogP contribution in [0.25, 0.3) is 33.5 Å². The van der Waals surface area contributed by atoms with Crippen molar-refractivity contribution in [3.8, 4) is 22.5 Å². The highest BCUT2D eigenvalue weighted by Gasteiger charge is 2.23. The molecule has 0 aliphatic heterocycles. The van der Waals surface area contributed by atoms with E-state index in [0.717, 1.165) is 34.5 Å². The number of nitrogens with one attached hydrogen (secondary N) is 1. The lowest BCUT2D eigenvalue weighted by atomic mass is 9.91. The van der Waals surface area contributed by atoms with Gasteiger partial charge in [0.2, 0.25) is 5.82 Å². The van der Waals surface area contributed by atoms with E-state index in [9.17, 15) is 0 Å². The second-order valence-corrected chi connectivity index (χ2v) is 9.98. The summed E-state index contributed by atoms with van der Waals surface area (Å²) in [6.07, 6.45) is 0.732. The first kappa shape index (κ1) is 22.4. The van der Waals surface area contributed by atoms with Crippen molar-refractivity contribution in [2.24, 2.45) is 5.41 Å². The Labute approximate surface area is 206 Å². The molecule has 1 N–H and O–H groups in total. The second kappa shape index (κ2) is 8.77. The van der Waals surface area contributed by atoms with Gasteiger partial charge in [-0.05, 0) is 27.3 Å². The molecule has 3 heterocycles. The van der Waals surface area contributed by atoms with Crippen LogP contribution in [0.2, 0.25) is 10.3 Å². The number of halogens is 2. The van der Waals surface area contributed by atoms with Crippen molar-refractivity contribution in [3.05, 3.63) is 70.2 Å². The van der Waals surface area contributed by atoms with Gasteiger partial charge in [-0.25, -0.2) is 4.98 Å². The van der Waals surface area contributed by atoms with E-state index in [1.807, 2.05) is 30.3 Å². The maximum absolute atomic E-state index is 6.51. The second-order valence-electron chi connectivity index (χ2n) is 9.27. The topological polar surface area (TPSA) is 98.1 Å². The van der Waals surface area contributed by atoms with E-state index in [4.69, 9.17) is 28.2 Å². The summed E-state index contributed by atoms with van der Waals surface area (Å²) in [5.41, 5.74) is 5.27.